The van der Waals surface area contributed by atoms with Crippen molar-refractivity contribution >= 4 is 5.97 Å². The molecule has 0 aromatic rings. The molecular formula is C13H23NO2. The Hall–Kier alpha value is -0.830. The van der Waals surface area contributed by atoms with Crippen LogP contribution in [0.2, 0.25) is 0 Å². The van der Waals surface area contributed by atoms with Crippen LogP contribution in [0.15, 0.2) is 11.6 Å². The number of esters is 1. The number of piperidine rings is 1. The second-order valence-corrected chi connectivity index (χ2v) is 4.25. The number of carbonyl (C=O) groups excluding carboxylic acids is 1. The molecule has 0 N–H and O–H groups in total. The summed E-state index contributed by atoms with van der Waals surface area (Å²) >= 11 is 0. The molecule has 16 heavy (non-hydrogen) atoms. The molecule has 92 valence electrons. The third kappa shape index (κ3) is 4.79. The largest absolute Gasteiger partial charge is 0.463 e. The molecule has 0 atom stereocenters. The van der Waals surface area contributed by atoms with Gasteiger partial charge in [-0.1, -0.05) is 18.9 Å². The van der Waals surface area contributed by atoms with Gasteiger partial charge in [0.15, 0.2) is 0 Å². The van der Waals surface area contributed by atoms with Gasteiger partial charge in [0.05, 0.1) is 6.61 Å². The maximum atomic E-state index is 11.3. The van der Waals surface area contributed by atoms with E-state index in [1.807, 2.05) is 6.92 Å². The monoisotopic (exact) mass is 225 g/mol. The molecule has 0 aromatic carbocycles. The van der Waals surface area contributed by atoms with Gasteiger partial charge in [0.25, 0.3) is 0 Å². The highest BCUT2D eigenvalue weighted by atomic mass is 16.5. The van der Waals surface area contributed by atoms with Crippen LogP contribution in [0.5, 0.6) is 0 Å². The van der Waals surface area contributed by atoms with Crippen molar-refractivity contribution in [2.75, 3.05) is 26.2 Å². The molecule has 0 unspecified atom stereocenters. The number of rotatable bonds is 5. The van der Waals surface area contributed by atoms with Crippen molar-refractivity contribution in [1.82, 2.24) is 4.90 Å². The lowest BCUT2D eigenvalue weighted by molar-refractivity contribution is -0.137. The van der Waals surface area contributed by atoms with Crippen LogP contribution in [-0.2, 0) is 9.53 Å². The molecule has 1 aliphatic heterocycles. The number of carbonyl (C=O) groups is 1. The SMILES string of the molecule is CCCCN1CCC(=CC(=O)OCC)CC1. The van der Waals surface area contributed by atoms with Gasteiger partial charge in [-0.05, 0) is 32.7 Å². The minimum atomic E-state index is -0.181. The fourth-order valence-corrected chi connectivity index (χ4v) is 1.94. The van der Waals surface area contributed by atoms with Crippen molar-refractivity contribution in [3.8, 4) is 0 Å². The molecule has 1 fully saturated rings. The van der Waals surface area contributed by atoms with Crippen molar-refractivity contribution in [2.45, 2.75) is 39.5 Å². The van der Waals surface area contributed by atoms with Crippen molar-refractivity contribution in [1.29, 1.82) is 0 Å². The summed E-state index contributed by atoms with van der Waals surface area (Å²) in [5.74, 6) is -0.181. The van der Waals surface area contributed by atoms with Crippen LogP contribution >= 0.6 is 0 Å². The van der Waals surface area contributed by atoms with Crippen LogP contribution in [0.4, 0.5) is 0 Å². The van der Waals surface area contributed by atoms with E-state index in [9.17, 15) is 4.79 Å². The van der Waals surface area contributed by atoms with E-state index in [1.165, 1.54) is 25.0 Å². The second-order valence-electron chi connectivity index (χ2n) is 4.25. The number of likely N-dealkylation sites (tertiary alicyclic amines) is 1. The van der Waals surface area contributed by atoms with E-state index >= 15 is 0 Å². The van der Waals surface area contributed by atoms with Crippen molar-refractivity contribution < 1.29 is 9.53 Å². The van der Waals surface area contributed by atoms with Gasteiger partial charge in [-0.3, -0.25) is 0 Å². The molecule has 0 spiro atoms. The van der Waals surface area contributed by atoms with E-state index in [0.29, 0.717) is 6.61 Å². The summed E-state index contributed by atoms with van der Waals surface area (Å²) in [5, 5.41) is 0. The molecule has 1 aliphatic rings. The lowest BCUT2D eigenvalue weighted by atomic mass is 10.0. The highest BCUT2D eigenvalue weighted by Gasteiger charge is 2.14. The van der Waals surface area contributed by atoms with Gasteiger partial charge < -0.3 is 9.64 Å². The molecule has 0 aromatic heterocycles. The van der Waals surface area contributed by atoms with Crippen LogP contribution in [0, 0.1) is 0 Å². The molecule has 3 heteroatoms. The number of nitrogens with zero attached hydrogens (tertiary/aromatic N) is 1. The lowest BCUT2D eigenvalue weighted by Gasteiger charge is -2.27. The standard InChI is InChI=1S/C13H23NO2/c1-3-5-8-14-9-6-12(7-10-14)11-13(15)16-4-2/h11H,3-10H2,1-2H3. The zero-order valence-corrected chi connectivity index (χ0v) is 10.5. The summed E-state index contributed by atoms with van der Waals surface area (Å²) in [5.41, 5.74) is 1.24. The summed E-state index contributed by atoms with van der Waals surface area (Å²) in [4.78, 5) is 13.7. The Morgan fingerprint density at radius 1 is 1.38 bits per heavy atom. The van der Waals surface area contributed by atoms with Crippen LogP contribution in [-0.4, -0.2) is 37.1 Å². The van der Waals surface area contributed by atoms with Gasteiger partial charge in [0.2, 0.25) is 0 Å². The Balaban J connectivity index is 2.28. The number of hydrogen-bond acceptors (Lipinski definition) is 3. The molecule has 0 amide bonds. The second kappa shape index (κ2) is 7.44. The van der Waals surface area contributed by atoms with Gasteiger partial charge in [-0.25, -0.2) is 4.79 Å². The Labute approximate surface area is 98.5 Å². The minimum absolute atomic E-state index is 0.181. The third-order valence-electron chi connectivity index (χ3n) is 2.93. The molecular weight excluding hydrogens is 202 g/mol. The summed E-state index contributed by atoms with van der Waals surface area (Å²) in [6.45, 7) is 7.89. The maximum Gasteiger partial charge on any atom is 0.330 e. The quantitative estimate of drug-likeness (QED) is 0.531. The molecule has 3 nitrogen and oxygen atoms in total. The Morgan fingerprint density at radius 2 is 2.06 bits per heavy atom. The zero-order chi connectivity index (χ0) is 11.8. The van der Waals surface area contributed by atoms with E-state index in [-0.39, 0.29) is 5.97 Å². The zero-order valence-electron chi connectivity index (χ0n) is 10.5. The fourth-order valence-electron chi connectivity index (χ4n) is 1.94. The number of ether oxygens (including phenoxy) is 1. The summed E-state index contributed by atoms with van der Waals surface area (Å²) in [6.07, 6.45) is 6.24. The van der Waals surface area contributed by atoms with E-state index in [2.05, 4.69) is 11.8 Å². The molecule has 1 rings (SSSR count). The predicted molar refractivity (Wildman–Crippen MR) is 65.3 cm³/mol. The Kier molecular flexibility index (Phi) is 6.16. The third-order valence-corrected chi connectivity index (χ3v) is 2.93. The van der Waals surface area contributed by atoms with E-state index in [1.54, 1.807) is 6.08 Å². The van der Waals surface area contributed by atoms with Crippen LogP contribution in [0.1, 0.15) is 39.5 Å². The van der Waals surface area contributed by atoms with E-state index in [4.69, 9.17) is 4.74 Å². The normalized spacial score (nSPS) is 17.2. The highest BCUT2D eigenvalue weighted by Crippen LogP contribution is 2.16. The van der Waals surface area contributed by atoms with Crippen molar-refractivity contribution in [2.24, 2.45) is 0 Å². The summed E-state index contributed by atoms with van der Waals surface area (Å²) in [7, 11) is 0. The van der Waals surface area contributed by atoms with E-state index in [0.717, 1.165) is 25.9 Å². The van der Waals surface area contributed by atoms with Crippen molar-refractivity contribution in [3.05, 3.63) is 11.6 Å². The topological polar surface area (TPSA) is 29.5 Å². The summed E-state index contributed by atoms with van der Waals surface area (Å²) < 4.78 is 4.91. The summed E-state index contributed by atoms with van der Waals surface area (Å²) in [6, 6.07) is 0. The fraction of sp³-hybridized carbons (Fsp3) is 0.769. The average molecular weight is 225 g/mol. The first-order chi connectivity index (χ1) is 7.76. The van der Waals surface area contributed by atoms with Crippen LogP contribution < -0.4 is 0 Å². The van der Waals surface area contributed by atoms with E-state index < -0.39 is 0 Å². The molecule has 1 saturated heterocycles. The van der Waals surface area contributed by atoms with Crippen LogP contribution in [0.25, 0.3) is 0 Å². The molecule has 0 bridgehead atoms. The van der Waals surface area contributed by atoms with Gasteiger partial charge in [-0.2, -0.15) is 0 Å². The Bertz CT molecular complexity index is 238. The molecule has 1 heterocycles. The maximum absolute atomic E-state index is 11.3. The highest BCUT2D eigenvalue weighted by molar-refractivity contribution is 5.82. The minimum Gasteiger partial charge on any atom is -0.463 e. The lowest BCUT2D eigenvalue weighted by Crippen LogP contribution is -2.31. The Morgan fingerprint density at radius 3 is 2.62 bits per heavy atom. The van der Waals surface area contributed by atoms with Gasteiger partial charge in [-0.15, -0.1) is 0 Å². The van der Waals surface area contributed by atoms with Crippen molar-refractivity contribution in [3.63, 3.8) is 0 Å². The van der Waals surface area contributed by atoms with Crippen LogP contribution in [0.3, 0.4) is 0 Å². The number of unbranched alkanes of at least 4 members (excludes halogenated alkanes) is 1. The average Bonchev–Trinajstić information content (AvgIpc) is 2.28. The molecule has 0 aliphatic carbocycles. The predicted octanol–water partition coefficient (Wildman–Crippen LogP) is 2.37. The smallest absolute Gasteiger partial charge is 0.330 e. The first-order valence-electron chi connectivity index (χ1n) is 6.34. The first-order valence-corrected chi connectivity index (χ1v) is 6.34. The van der Waals surface area contributed by atoms with Gasteiger partial charge in [0.1, 0.15) is 0 Å². The number of hydrogen-bond donors (Lipinski definition) is 0. The van der Waals surface area contributed by atoms with Gasteiger partial charge >= 0.3 is 5.97 Å². The molecule has 0 radical (unpaired) electrons. The molecule has 0 saturated carbocycles. The van der Waals surface area contributed by atoms with Gasteiger partial charge in [0, 0.05) is 19.2 Å². The first kappa shape index (κ1) is 13.2.